The van der Waals surface area contributed by atoms with E-state index in [1.54, 1.807) is 0 Å². The molecule has 0 amide bonds. The lowest BCUT2D eigenvalue weighted by molar-refractivity contribution is -0.449. The first kappa shape index (κ1) is 28.3. The van der Waals surface area contributed by atoms with Crippen LogP contribution in [0, 0.1) is 0 Å². The van der Waals surface area contributed by atoms with E-state index < -0.39 is 66.1 Å². The van der Waals surface area contributed by atoms with Crippen LogP contribution in [0.2, 0.25) is 0 Å². The standard InChI is InChI=1S/C13H9F15O2/c1-2-3-5(29)4-6(30)7(14,15)8(16,17)9(18,19)10(20,21)11(22,23)12(24,25)13(26,27)28/h2-4H2,1H3. The normalized spacial score (nSPS) is 15.3. The van der Waals surface area contributed by atoms with Crippen LogP contribution < -0.4 is 0 Å². The molecule has 0 aromatic rings. The van der Waals surface area contributed by atoms with Crippen molar-refractivity contribution in [1.82, 2.24) is 0 Å². The van der Waals surface area contributed by atoms with E-state index in [-0.39, 0.29) is 6.42 Å². The lowest BCUT2D eigenvalue weighted by Gasteiger charge is -2.41. The Labute approximate surface area is 156 Å². The first-order valence-electron chi connectivity index (χ1n) is 7.26. The van der Waals surface area contributed by atoms with E-state index in [0.29, 0.717) is 0 Å². The minimum Gasteiger partial charge on any atom is -0.299 e. The SMILES string of the molecule is CCCC(=O)CC(=O)C(F)(F)C(F)(F)C(F)(F)C(F)(F)C(F)(F)C(F)(F)C(F)(F)F. The molecule has 178 valence electrons. The quantitative estimate of drug-likeness (QED) is 0.296. The molecule has 17 heteroatoms. The molecule has 0 aliphatic heterocycles. The highest BCUT2D eigenvalue weighted by molar-refractivity contribution is 6.02. The minimum absolute atomic E-state index is 0.193. The third-order valence-corrected chi connectivity index (χ3v) is 3.56. The number of hydrogen-bond acceptors (Lipinski definition) is 2. The monoisotopic (exact) mass is 482 g/mol. The minimum atomic E-state index is -8.46. The fourth-order valence-corrected chi connectivity index (χ4v) is 1.80. The third-order valence-electron chi connectivity index (χ3n) is 3.56. The van der Waals surface area contributed by atoms with Gasteiger partial charge in [0.25, 0.3) is 0 Å². The summed E-state index contributed by atoms with van der Waals surface area (Å²) in [7, 11) is 0. The smallest absolute Gasteiger partial charge is 0.299 e. The van der Waals surface area contributed by atoms with Crippen molar-refractivity contribution in [2.45, 2.75) is 67.9 Å². The molecule has 0 fully saturated rings. The van der Waals surface area contributed by atoms with Gasteiger partial charge in [-0.2, -0.15) is 65.9 Å². The van der Waals surface area contributed by atoms with Crippen molar-refractivity contribution in [2.75, 3.05) is 0 Å². The van der Waals surface area contributed by atoms with E-state index >= 15 is 0 Å². The molecule has 2 nitrogen and oxygen atoms in total. The topological polar surface area (TPSA) is 34.1 Å². The number of hydrogen-bond donors (Lipinski definition) is 0. The Hall–Kier alpha value is -1.71. The van der Waals surface area contributed by atoms with Crippen molar-refractivity contribution in [2.24, 2.45) is 0 Å². The summed E-state index contributed by atoms with van der Waals surface area (Å²) in [5.41, 5.74) is 0. The maximum atomic E-state index is 13.4. The van der Waals surface area contributed by atoms with Crippen molar-refractivity contribution in [3.63, 3.8) is 0 Å². The molecule has 0 saturated carbocycles. The second-order valence-corrected chi connectivity index (χ2v) is 5.83. The van der Waals surface area contributed by atoms with Crippen molar-refractivity contribution in [3.8, 4) is 0 Å². The Morgan fingerprint density at radius 3 is 1.23 bits per heavy atom. The van der Waals surface area contributed by atoms with E-state index in [9.17, 15) is 75.4 Å². The maximum Gasteiger partial charge on any atom is 0.460 e. The summed E-state index contributed by atoms with van der Waals surface area (Å²) in [5.74, 6) is -53.3. The first-order chi connectivity index (χ1) is 12.9. The molecule has 0 aromatic heterocycles. The molecule has 0 saturated heterocycles. The number of carbonyl (C=O) groups is 2. The fraction of sp³-hybridized carbons (Fsp3) is 0.846. The van der Waals surface area contributed by atoms with E-state index in [1.807, 2.05) is 0 Å². The van der Waals surface area contributed by atoms with Gasteiger partial charge in [-0.25, -0.2) is 0 Å². The Balaban J connectivity index is 6.42. The van der Waals surface area contributed by atoms with Crippen LogP contribution >= 0.6 is 0 Å². The number of halogens is 15. The predicted molar refractivity (Wildman–Crippen MR) is 65.3 cm³/mol. The van der Waals surface area contributed by atoms with Crippen LogP contribution in [-0.4, -0.2) is 53.3 Å². The zero-order chi connectivity index (χ0) is 24.8. The van der Waals surface area contributed by atoms with Crippen molar-refractivity contribution in [3.05, 3.63) is 0 Å². The summed E-state index contributed by atoms with van der Waals surface area (Å²) < 4.78 is 194. The number of ketones is 2. The molecule has 0 N–H and O–H groups in total. The highest BCUT2D eigenvalue weighted by Crippen LogP contribution is 2.62. The molecule has 0 unspecified atom stereocenters. The van der Waals surface area contributed by atoms with Gasteiger partial charge in [0.1, 0.15) is 5.78 Å². The highest BCUT2D eigenvalue weighted by atomic mass is 19.4. The van der Waals surface area contributed by atoms with Gasteiger partial charge in [-0.3, -0.25) is 9.59 Å². The Kier molecular flexibility index (Phi) is 7.32. The molecule has 0 bridgehead atoms. The average molecular weight is 482 g/mol. The fourth-order valence-electron chi connectivity index (χ4n) is 1.80. The molecule has 0 aromatic carbocycles. The van der Waals surface area contributed by atoms with Gasteiger partial charge >= 0.3 is 41.7 Å². The second-order valence-electron chi connectivity index (χ2n) is 5.83. The van der Waals surface area contributed by atoms with Gasteiger partial charge in [-0.15, -0.1) is 0 Å². The molecule has 0 aliphatic carbocycles. The molecule has 0 rings (SSSR count). The van der Waals surface area contributed by atoms with Crippen molar-refractivity contribution >= 4 is 11.6 Å². The molecule has 0 atom stereocenters. The van der Waals surface area contributed by atoms with Crippen molar-refractivity contribution in [1.29, 1.82) is 0 Å². The van der Waals surface area contributed by atoms with Crippen LogP contribution in [0.4, 0.5) is 65.9 Å². The van der Waals surface area contributed by atoms with Crippen LogP contribution in [0.3, 0.4) is 0 Å². The van der Waals surface area contributed by atoms with Gasteiger partial charge < -0.3 is 0 Å². The Morgan fingerprint density at radius 2 is 0.900 bits per heavy atom. The third kappa shape index (κ3) is 3.94. The molecule has 0 radical (unpaired) electrons. The molecule has 0 heterocycles. The van der Waals surface area contributed by atoms with Crippen LogP contribution in [0.5, 0.6) is 0 Å². The molecule has 0 spiro atoms. The number of alkyl halides is 15. The number of Topliss-reactive ketones (excluding diaryl/α,β-unsaturated/α-hetero) is 2. The maximum absolute atomic E-state index is 13.4. The van der Waals surface area contributed by atoms with Gasteiger partial charge in [0, 0.05) is 6.42 Å². The van der Waals surface area contributed by atoms with Gasteiger partial charge in [0.15, 0.2) is 0 Å². The van der Waals surface area contributed by atoms with Gasteiger partial charge in [-0.1, -0.05) is 6.92 Å². The van der Waals surface area contributed by atoms with E-state index in [0.717, 1.165) is 0 Å². The highest BCUT2D eigenvalue weighted by Gasteiger charge is 2.93. The summed E-state index contributed by atoms with van der Waals surface area (Å²) in [5, 5.41) is 0. The predicted octanol–water partition coefficient (Wildman–Crippen LogP) is 5.69. The zero-order valence-corrected chi connectivity index (χ0v) is 14.1. The molecular weight excluding hydrogens is 473 g/mol. The Morgan fingerprint density at radius 1 is 0.567 bits per heavy atom. The average Bonchev–Trinajstić information content (AvgIpc) is 2.52. The summed E-state index contributed by atoms with van der Waals surface area (Å²) in [6, 6.07) is 0. The van der Waals surface area contributed by atoms with Gasteiger partial charge in [0.05, 0.1) is 6.42 Å². The zero-order valence-electron chi connectivity index (χ0n) is 14.1. The van der Waals surface area contributed by atoms with E-state index in [4.69, 9.17) is 0 Å². The van der Waals surface area contributed by atoms with Gasteiger partial charge in [0.2, 0.25) is 5.78 Å². The second kappa shape index (κ2) is 7.76. The molecular formula is C13H9F15O2. The lowest BCUT2D eigenvalue weighted by atomic mass is 9.88. The van der Waals surface area contributed by atoms with Gasteiger partial charge in [-0.05, 0) is 6.42 Å². The summed E-state index contributed by atoms with van der Waals surface area (Å²) in [4.78, 5) is 22.0. The van der Waals surface area contributed by atoms with Crippen LogP contribution in [0.1, 0.15) is 26.2 Å². The van der Waals surface area contributed by atoms with E-state index in [1.165, 1.54) is 6.92 Å². The Bertz CT molecular complexity index is 662. The lowest BCUT2D eigenvalue weighted by Crippen LogP contribution is -2.73. The largest absolute Gasteiger partial charge is 0.460 e. The van der Waals surface area contributed by atoms with Crippen LogP contribution in [-0.2, 0) is 9.59 Å². The summed E-state index contributed by atoms with van der Waals surface area (Å²) in [6.45, 7) is 1.19. The van der Waals surface area contributed by atoms with Crippen molar-refractivity contribution < 1.29 is 75.4 Å². The first-order valence-corrected chi connectivity index (χ1v) is 7.26. The summed E-state index contributed by atoms with van der Waals surface area (Å²) >= 11 is 0. The summed E-state index contributed by atoms with van der Waals surface area (Å²) in [6.07, 6.45) is -10.9. The molecule has 0 aliphatic rings. The van der Waals surface area contributed by atoms with E-state index in [2.05, 4.69) is 0 Å². The molecule has 30 heavy (non-hydrogen) atoms. The number of carbonyl (C=O) groups excluding carboxylic acids is 2. The van der Waals surface area contributed by atoms with Crippen LogP contribution in [0.15, 0.2) is 0 Å². The number of rotatable bonds is 10. The van der Waals surface area contributed by atoms with Crippen LogP contribution in [0.25, 0.3) is 0 Å².